The molecule has 8 nitrogen and oxygen atoms in total. The van der Waals surface area contributed by atoms with Crippen LogP contribution in [0.25, 0.3) is 0 Å². The van der Waals surface area contributed by atoms with Gasteiger partial charge in [0.25, 0.3) is 0 Å². The van der Waals surface area contributed by atoms with Crippen molar-refractivity contribution < 1.29 is 9.53 Å². The zero-order valence-corrected chi connectivity index (χ0v) is 13.9. The summed E-state index contributed by atoms with van der Waals surface area (Å²) < 4.78 is 5.04. The van der Waals surface area contributed by atoms with Gasteiger partial charge in [0, 0.05) is 30.0 Å². The molecule has 2 aromatic heterocycles. The number of aliphatic imine (C=N–C) groups is 1. The topological polar surface area (TPSA) is 118 Å². The summed E-state index contributed by atoms with van der Waals surface area (Å²) in [6.07, 6.45) is 5.30. The fourth-order valence-corrected chi connectivity index (χ4v) is 2.26. The number of carbonyl (C=O) groups excluding carboxylic acids is 1. The van der Waals surface area contributed by atoms with Gasteiger partial charge in [-0.25, -0.2) is 4.99 Å². The van der Waals surface area contributed by atoms with Crippen molar-refractivity contribution in [1.82, 2.24) is 15.2 Å². The highest BCUT2D eigenvalue weighted by Crippen LogP contribution is 2.39. The van der Waals surface area contributed by atoms with Crippen molar-refractivity contribution in [1.29, 1.82) is 0 Å². The summed E-state index contributed by atoms with van der Waals surface area (Å²) in [5.74, 6) is 1.81. The molecule has 4 N–H and O–H groups in total. The molecule has 1 saturated carbocycles. The standard InChI is InChI=1S/C17H20N6O2/c1-25-17-4-2-3-14(21-17)19-10-11(9-18)7-16(24)20-15-8-13(22-23-15)12-5-6-12/h2-4,8-10,12H,5-7,18H2,1H3,(H2,20,22,23,24)/b11-9-,19-10?. The number of carbonyl (C=O) groups is 1. The number of methoxy groups -OCH3 is 1. The number of H-pyrrole nitrogens is 1. The van der Waals surface area contributed by atoms with Gasteiger partial charge < -0.3 is 15.8 Å². The highest BCUT2D eigenvalue weighted by atomic mass is 16.5. The smallest absolute Gasteiger partial charge is 0.230 e. The first-order chi connectivity index (χ1) is 12.2. The van der Waals surface area contributed by atoms with Crippen LogP contribution in [0, 0.1) is 0 Å². The molecule has 2 heterocycles. The van der Waals surface area contributed by atoms with Gasteiger partial charge in [-0.3, -0.25) is 9.89 Å². The Morgan fingerprint density at radius 3 is 3.08 bits per heavy atom. The Labute approximate surface area is 145 Å². The summed E-state index contributed by atoms with van der Waals surface area (Å²) in [5.41, 5.74) is 7.22. The largest absolute Gasteiger partial charge is 0.481 e. The molecule has 0 atom stereocenters. The maximum atomic E-state index is 12.1. The van der Waals surface area contributed by atoms with Crippen molar-refractivity contribution in [2.45, 2.75) is 25.2 Å². The number of hydrogen-bond acceptors (Lipinski definition) is 6. The first kappa shape index (κ1) is 16.7. The molecule has 25 heavy (non-hydrogen) atoms. The number of pyridine rings is 1. The van der Waals surface area contributed by atoms with E-state index >= 15 is 0 Å². The summed E-state index contributed by atoms with van der Waals surface area (Å²) in [6.45, 7) is 0. The van der Waals surface area contributed by atoms with Crippen molar-refractivity contribution in [3.8, 4) is 5.88 Å². The minimum absolute atomic E-state index is 0.0928. The second-order valence-electron chi connectivity index (χ2n) is 5.75. The van der Waals surface area contributed by atoms with Gasteiger partial charge in [0.05, 0.1) is 13.5 Å². The van der Waals surface area contributed by atoms with Gasteiger partial charge in [-0.2, -0.15) is 10.1 Å². The fraction of sp³-hybridized carbons (Fsp3) is 0.294. The van der Waals surface area contributed by atoms with Gasteiger partial charge in [-0.1, -0.05) is 6.07 Å². The number of anilines is 1. The Kier molecular flexibility index (Phi) is 5.08. The first-order valence-electron chi connectivity index (χ1n) is 7.99. The predicted octanol–water partition coefficient (Wildman–Crippen LogP) is 2.26. The summed E-state index contributed by atoms with van der Waals surface area (Å²) in [5, 5.41) is 9.80. The van der Waals surface area contributed by atoms with E-state index in [0.717, 1.165) is 5.69 Å². The second kappa shape index (κ2) is 7.61. The molecular weight excluding hydrogens is 320 g/mol. The average Bonchev–Trinajstić information content (AvgIpc) is 3.38. The second-order valence-corrected chi connectivity index (χ2v) is 5.75. The van der Waals surface area contributed by atoms with Crippen LogP contribution in [0.1, 0.15) is 30.9 Å². The number of nitrogens with one attached hydrogen (secondary N) is 2. The summed E-state index contributed by atoms with van der Waals surface area (Å²) in [6, 6.07) is 7.12. The number of ether oxygens (including phenoxy) is 1. The van der Waals surface area contributed by atoms with Gasteiger partial charge in [-0.15, -0.1) is 0 Å². The van der Waals surface area contributed by atoms with E-state index in [1.807, 2.05) is 6.07 Å². The number of amides is 1. The molecule has 8 heteroatoms. The lowest BCUT2D eigenvalue weighted by Crippen LogP contribution is -2.13. The Balaban J connectivity index is 1.57. The monoisotopic (exact) mass is 340 g/mol. The Hall–Kier alpha value is -3.16. The van der Waals surface area contributed by atoms with Crippen LogP contribution in [0.3, 0.4) is 0 Å². The Bertz CT molecular complexity index is 807. The Morgan fingerprint density at radius 2 is 2.36 bits per heavy atom. The first-order valence-corrected chi connectivity index (χ1v) is 7.99. The van der Waals surface area contributed by atoms with E-state index in [4.69, 9.17) is 10.5 Å². The molecule has 130 valence electrons. The molecule has 0 spiro atoms. The normalized spacial score (nSPS) is 14.7. The van der Waals surface area contributed by atoms with Gasteiger partial charge in [0.2, 0.25) is 11.8 Å². The molecule has 0 unspecified atom stereocenters. The Morgan fingerprint density at radius 1 is 1.52 bits per heavy atom. The predicted molar refractivity (Wildman–Crippen MR) is 95.0 cm³/mol. The van der Waals surface area contributed by atoms with Crippen LogP contribution >= 0.6 is 0 Å². The quantitative estimate of drug-likeness (QED) is 0.668. The number of nitrogens with two attached hydrogens (primary N) is 1. The van der Waals surface area contributed by atoms with Crippen LogP contribution in [0.5, 0.6) is 5.88 Å². The lowest BCUT2D eigenvalue weighted by Gasteiger charge is -2.02. The molecule has 0 aliphatic heterocycles. The van der Waals surface area contributed by atoms with Crippen LogP contribution in [0.15, 0.2) is 41.0 Å². The SMILES string of the molecule is COc1cccc(N=C/C(=C\N)CC(=O)Nc2cc(C3CC3)[nH]n2)n1. The van der Waals surface area contributed by atoms with Crippen LogP contribution in [-0.2, 0) is 4.79 Å². The van der Waals surface area contributed by atoms with E-state index in [-0.39, 0.29) is 12.3 Å². The molecule has 1 fully saturated rings. The van der Waals surface area contributed by atoms with E-state index < -0.39 is 0 Å². The van der Waals surface area contributed by atoms with Crippen molar-refractivity contribution in [2.24, 2.45) is 10.7 Å². The zero-order chi connectivity index (χ0) is 17.6. The summed E-state index contributed by atoms with van der Waals surface area (Å²) in [4.78, 5) is 20.5. The van der Waals surface area contributed by atoms with Crippen molar-refractivity contribution >= 4 is 23.8 Å². The molecule has 0 aromatic carbocycles. The molecule has 0 bridgehead atoms. The highest BCUT2D eigenvalue weighted by molar-refractivity contribution is 5.96. The zero-order valence-electron chi connectivity index (χ0n) is 13.9. The lowest BCUT2D eigenvalue weighted by molar-refractivity contribution is -0.115. The van der Waals surface area contributed by atoms with Crippen molar-refractivity contribution in [2.75, 3.05) is 12.4 Å². The van der Waals surface area contributed by atoms with Crippen molar-refractivity contribution in [3.63, 3.8) is 0 Å². The van der Waals surface area contributed by atoms with Gasteiger partial charge in [0.1, 0.15) is 0 Å². The fourth-order valence-electron chi connectivity index (χ4n) is 2.26. The van der Waals surface area contributed by atoms with E-state index in [0.29, 0.717) is 29.0 Å². The van der Waals surface area contributed by atoms with E-state index in [2.05, 4.69) is 25.5 Å². The third kappa shape index (κ3) is 4.66. The van der Waals surface area contributed by atoms with E-state index in [1.165, 1.54) is 32.4 Å². The summed E-state index contributed by atoms with van der Waals surface area (Å²) in [7, 11) is 1.54. The van der Waals surface area contributed by atoms with Gasteiger partial charge in [0.15, 0.2) is 11.6 Å². The number of nitrogens with zero attached hydrogens (tertiary/aromatic N) is 3. The summed E-state index contributed by atoms with van der Waals surface area (Å²) >= 11 is 0. The van der Waals surface area contributed by atoms with Crippen LogP contribution in [0.2, 0.25) is 0 Å². The molecule has 3 rings (SSSR count). The molecule has 0 saturated heterocycles. The van der Waals surface area contributed by atoms with Crippen LogP contribution < -0.4 is 15.8 Å². The number of aromatic nitrogens is 3. The molecule has 1 aliphatic rings. The maximum Gasteiger partial charge on any atom is 0.230 e. The van der Waals surface area contributed by atoms with Gasteiger partial charge in [-0.05, 0) is 30.7 Å². The minimum atomic E-state index is -0.212. The number of hydrogen-bond donors (Lipinski definition) is 3. The highest BCUT2D eigenvalue weighted by Gasteiger charge is 2.25. The average molecular weight is 340 g/mol. The third-order valence-corrected chi connectivity index (χ3v) is 3.74. The molecule has 0 radical (unpaired) electrons. The molecule has 1 amide bonds. The maximum absolute atomic E-state index is 12.1. The third-order valence-electron chi connectivity index (χ3n) is 3.74. The number of rotatable bonds is 7. The van der Waals surface area contributed by atoms with E-state index in [9.17, 15) is 4.79 Å². The number of aromatic amines is 1. The van der Waals surface area contributed by atoms with Gasteiger partial charge >= 0.3 is 0 Å². The van der Waals surface area contributed by atoms with Crippen LogP contribution in [0.4, 0.5) is 11.6 Å². The minimum Gasteiger partial charge on any atom is -0.481 e. The molecular formula is C17H20N6O2. The molecule has 1 aliphatic carbocycles. The lowest BCUT2D eigenvalue weighted by atomic mass is 10.2. The molecule has 2 aromatic rings. The van der Waals surface area contributed by atoms with E-state index in [1.54, 1.807) is 18.2 Å². The van der Waals surface area contributed by atoms with Crippen LogP contribution in [-0.4, -0.2) is 34.4 Å². The van der Waals surface area contributed by atoms with Crippen molar-refractivity contribution in [3.05, 3.63) is 41.7 Å².